The largest absolute Gasteiger partial charge is 0.340 e. The fraction of sp³-hybridized carbons (Fsp3) is 0.727. The van der Waals surface area contributed by atoms with Crippen LogP contribution in [0.4, 0.5) is 4.79 Å². The molecule has 3 rings (SSSR count). The SMILES string of the molecule is Cc1nc(C2CCN(C(=O)NC3CC3)C2)no1. The minimum atomic E-state index is 0.0511. The van der Waals surface area contributed by atoms with Crippen LogP contribution in [0.15, 0.2) is 4.52 Å². The first-order valence-corrected chi connectivity index (χ1v) is 6.08. The molecule has 2 heterocycles. The van der Waals surface area contributed by atoms with Crippen LogP contribution in [0.25, 0.3) is 0 Å². The molecule has 1 aromatic rings. The van der Waals surface area contributed by atoms with E-state index in [1.807, 2.05) is 4.90 Å². The average molecular weight is 236 g/mol. The molecule has 17 heavy (non-hydrogen) atoms. The number of aromatic nitrogens is 2. The number of nitrogens with zero attached hydrogens (tertiary/aromatic N) is 3. The number of carbonyl (C=O) groups is 1. The lowest BCUT2D eigenvalue weighted by Crippen LogP contribution is -2.39. The van der Waals surface area contributed by atoms with Gasteiger partial charge in [-0.1, -0.05) is 5.16 Å². The second kappa shape index (κ2) is 4.01. The van der Waals surface area contributed by atoms with E-state index in [1.54, 1.807) is 6.92 Å². The van der Waals surface area contributed by atoms with Crippen molar-refractivity contribution < 1.29 is 9.32 Å². The number of urea groups is 1. The van der Waals surface area contributed by atoms with E-state index in [2.05, 4.69) is 15.5 Å². The highest BCUT2D eigenvalue weighted by molar-refractivity contribution is 5.75. The summed E-state index contributed by atoms with van der Waals surface area (Å²) in [7, 11) is 0. The third-order valence-corrected chi connectivity index (χ3v) is 3.29. The molecule has 6 heteroatoms. The van der Waals surface area contributed by atoms with Gasteiger partial charge in [0, 0.05) is 32.0 Å². The average Bonchev–Trinajstić information content (AvgIpc) is 2.81. The highest BCUT2D eigenvalue weighted by atomic mass is 16.5. The summed E-state index contributed by atoms with van der Waals surface area (Å²) in [5.41, 5.74) is 0. The van der Waals surface area contributed by atoms with Gasteiger partial charge in [0.1, 0.15) is 0 Å². The maximum absolute atomic E-state index is 11.8. The number of nitrogens with one attached hydrogen (secondary N) is 1. The Morgan fingerprint density at radius 3 is 2.94 bits per heavy atom. The molecule has 1 aliphatic heterocycles. The van der Waals surface area contributed by atoms with Gasteiger partial charge in [-0.25, -0.2) is 4.79 Å². The Balaban J connectivity index is 1.59. The van der Waals surface area contributed by atoms with Gasteiger partial charge in [-0.2, -0.15) is 4.98 Å². The highest BCUT2D eigenvalue weighted by Gasteiger charge is 2.32. The lowest BCUT2D eigenvalue weighted by Gasteiger charge is -2.16. The number of hydrogen-bond acceptors (Lipinski definition) is 4. The molecule has 1 aliphatic carbocycles. The van der Waals surface area contributed by atoms with Crippen molar-refractivity contribution in [3.05, 3.63) is 11.7 Å². The summed E-state index contributed by atoms with van der Waals surface area (Å²) < 4.78 is 4.97. The number of amides is 2. The predicted molar refractivity (Wildman–Crippen MR) is 59.5 cm³/mol. The van der Waals surface area contributed by atoms with Crippen molar-refractivity contribution in [1.29, 1.82) is 0 Å². The molecule has 0 bridgehead atoms. The second-order valence-electron chi connectivity index (χ2n) is 4.83. The summed E-state index contributed by atoms with van der Waals surface area (Å²) in [5.74, 6) is 1.53. The summed E-state index contributed by atoms with van der Waals surface area (Å²) >= 11 is 0. The third kappa shape index (κ3) is 2.25. The standard InChI is InChI=1S/C11H16N4O2/c1-7-12-10(14-17-7)8-4-5-15(6-8)11(16)13-9-2-3-9/h8-9H,2-6H2,1H3,(H,13,16). The molecule has 0 radical (unpaired) electrons. The topological polar surface area (TPSA) is 71.3 Å². The lowest BCUT2D eigenvalue weighted by molar-refractivity contribution is 0.207. The van der Waals surface area contributed by atoms with E-state index in [0.29, 0.717) is 18.5 Å². The van der Waals surface area contributed by atoms with E-state index in [9.17, 15) is 4.79 Å². The Morgan fingerprint density at radius 1 is 1.47 bits per heavy atom. The summed E-state index contributed by atoms with van der Waals surface area (Å²) in [5, 5.41) is 6.92. The third-order valence-electron chi connectivity index (χ3n) is 3.29. The Labute approximate surface area is 99.4 Å². The van der Waals surface area contributed by atoms with Crippen molar-refractivity contribution in [3.8, 4) is 0 Å². The molecule has 1 atom stereocenters. The second-order valence-corrected chi connectivity index (χ2v) is 4.83. The molecular weight excluding hydrogens is 220 g/mol. The number of hydrogen-bond donors (Lipinski definition) is 1. The lowest BCUT2D eigenvalue weighted by atomic mass is 10.1. The van der Waals surface area contributed by atoms with Crippen LogP contribution in [0.2, 0.25) is 0 Å². The maximum atomic E-state index is 11.8. The first-order valence-electron chi connectivity index (χ1n) is 6.08. The van der Waals surface area contributed by atoms with E-state index < -0.39 is 0 Å². The number of likely N-dealkylation sites (tertiary alicyclic amines) is 1. The van der Waals surface area contributed by atoms with Gasteiger partial charge < -0.3 is 14.7 Å². The van der Waals surface area contributed by atoms with Crippen molar-refractivity contribution in [3.63, 3.8) is 0 Å². The quantitative estimate of drug-likeness (QED) is 0.832. The number of aryl methyl sites for hydroxylation is 1. The number of rotatable bonds is 2. The van der Waals surface area contributed by atoms with Gasteiger partial charge in [0.15, 0.2) is 5.82 Å². The van der Waals surface area contributed by atoms with E-state index in [4.69, 9.17) is 4.52 Å². The van der Waals surface area contributed by atoms with Gasteiger partial charge in [-0.3, -0.25) is 0 Å². The minimum absolute atomic E-state index is 0.0511. The van der Waals surface area contributed by atoms with Gasteiger partial charge in [0.25, 0.3) is 0 Å². The monoisotopic (exact) mass is 236 g/mol. The summed E-state index contributed by atoms with van der Waals surface area (Å²) in [6.45, 7) is 3.25. The summed E-state index contributed by atoms with van der Waals surface area (Å²) in [6.07, 6.45) is 3.15. The van der Waals surface area contributed by atoms with Gasteiger partial charge in [0.2, 0.25) is 5.89 Å². The summed E-state index contributed by atoms with van der Waals surface area (Å²) in [4.78, 5) is 17.9. The molecule has 1 saturated carbocycles. The van der Waals surface area contributed by atoms with Crippen LogP contribution in [-0.2, 0) is 0 Å². The van der Waals surface area contributed by atoms with Gasteiger partial charge in [0.05, 0.1) is 0 Å². The minimum Gasteiger partial charge on any atom is -0.340 e. The maximum Gasteiger partial charge on any atom is 0.317 e. The van der Waals surface area contributed by atoms with E-state index in [0.717, 1.165) is 31.6 Å². The van der Waals surface area contributed by atoms with Crippen LogP contribution in [0, 0.1) is 6.92 Å². The molecule has 1 N–H and O–H groups in total. The summed E-state index contributed by atoms with van der Waals surface area (Å²) in [6, 6.07) is 0.462. The first-order chi connectivity index (χ1) is 8.22. The van der Waals surface area contributed by atoms with E-state index >= 15 is 0 Å². The Kier molecular flexibility index (Phi) is 2.49. The zero-order chi connectivity index (χ0) is 11.8. The highest BCUT2D eigenvalue weighted by Crippen LogP contribution is 2.26. The van der Waals surface area contributed by atoms with Crippen molar-refractivity contribution in [1.82, 2.24) is 20.4 Å². The molecule has 1 aromatic heterocycles. The van der Waals surface area contributed by atoms with Crippen molar-refractivity contribution in [2.75, 3.05) is 13.1 Å². The smallest absolute Gasteiger partial charge is 0.317 e. The van der Waals surface area contributed by atoms with Crippen molar-refractivity contribution in [2.45, 2.75) is 38.1 Å². The molecule has 2 amide bonds. The zero-order valence-electron chi connectivity index (χ0n) is 9.85. The van der Waals surface area contributed by atoms with Crippen molar-refractivity contribution >= 4 is 6.03 Å². The van der Waals surface area contributed by atoms with Crippen LogP contribution >= 0.6 is 0 Å². The van der Waals surface area contributed by atoms with Gasteiger partial charge >= 0.3 is 6.03 Å². The predicted octanol–water partition coefficient (Wildman–Crippen LogP) is 1.04. The first kappa shape index (κ1) is 10.6. The van der Waals surface area contributed by atoms with Crippen LogP contribution in [0.3, 0.4) is 0 Å². The molecular formula is C11H16N4O2. The van der Waals surface area contributed by atoms with Crippen LogP contribution in [-0.4, -0.2) is 40.2 Å². The number of carbonyl (C=O) groups excluding carboxylic acids is 1. The fourth-order valence-electron chi connectivity index (χ4n) is 2.13. The van der Waals surface area contributed by atoms with Crippen molar-refractivity contribution in [2.24, 2.45) is 0 Å². The van der Waals surface area contributed by atoms with Crippen LogP contribution < -0.4 is 5.32 Å². The molecule has 1 saturated heterocycles. The Bertz CT molecular complexity index is 427. The Morgan fingerprint density at radius 2 is 2.29 bits per heavy atom. The Hall–Kier alpha value is -1.59. The molecule has 1 unspecified atom stereocenters. The molecule has 0 spiro atoms. The molecule has 6 nitrogen and oxygen atoms in total. The normalized spacial score (nSPS) is 24.1. The molecule has 2 aliphatic rings. The van der Waals surface area contributed by atoms with E-state index in [1.165, 1.54) is 0 Å². The van der Waals surface area contributed by atoms with Crippen LogP contribution in [0.1, 0.15) is 36.9 Å². The van der Waals surface area contributed by atoms with Crippen LogP contribution in [0.5, 0.6) is 0 Å². The zero-order valence-corrected chi connectivity index (χ0v) is 9.85. The van der Waals surface area contributed by atoms with Gasteiger partial charge in [-0.15, -0.1) is 0 Å². The molecule has 2 fully saturated rings. The molecule has 92 valence electrons. The van der Waals surface area contributed by atoms with E-state index in [-0.39, 0.29) is 11.9 Å². The fourth-order valence-corrected chi connectivity index (χ4v) is 2.13. The van der Waals surface area contributed by atoms with Gasteiger partial charge in [-0.05, 0) is 19.3 Å². The molecule has 0 aromatic carbocycles.